The molecule has 0 aliphatic carbocycles. The van der Waals surface area contributed by atoms with E-state index in [4.69, 9.17) is 0 Å². The maximum absolute atomic E-state index is 3.17. The van der Waals surface area contributed by atoms with E-state index in [1.807, 2.05) is 0 Å². The Labute approximate surface area is 65.0 Å². The Morgan fingerprint density at radius 3 is 1.30 bits per heavy atom. The Balaban J connectivity index is 3.32. The highest BCUT2D eigenvalue weighted by Crippen LogP contribution is 1.99. The van der Waals surface area contributed by atoms with Gasteiger partial charge in [0.05, 0.1) is 0 Å². The quantitative estimate of drug-likeness (QED) is 0.514. The van der Waals surface area contributed by atoms with Crippen LogP contribution in [0.2, 0.25) is 0 Å². The molecule has 58 valence electrons. The third-order valence-electron chi connectivity index (χ3n) is 1.15. The highest BCUT2D eigenvalue weighted by molar-refractivity contribution is 4.99. The van der Waals surface area contributed by atoms with Gasteiger partial charge in [-0.05, 0) is 11.8 Å². The smallest absolute Gasteiger partial charge is 0.0112 e. The van der Waals surface area contributed by atoms with Crippen LogP contribution in [0.5, 0.6) is 0 Å². The summed E-state index contributed by atoms with van der Waals surface area (Å²) in [7, 11) is 0. The molecule has 0 aromatic heterocycles. The maximum atomic E-state index is 3.17. The first-order valence-corrected chi connectivity index (χ1v) is 4.08. The summed E-state index contributed by atoms with van der Waals surface area (Å²) in [5, 5.41) is 0. The van der Waals surface area contributed by atoms with E-state index in [9.17, 15) is 0 Å². The SMILES string of the molecule is CC(C)CC#CCC(C)C. The lowest BCUT2D eigenvalue weighted by atomic mass is 10.1. The summed E-state index contributed by atoms with van der Waals surface area (Å²) in [6.07, 6.45) is 2.10. The minimum absolute atomic E-state index is 0.722. The van der Waals surface area contributed by atoms with Crippen molar-refractivity contribution in [3.8, 4) is 11.8 Å². The summed E-state index contributed by atoms with van der Waals surface area (Å²) in [6.45, 7) is 8.79. The van der Waals surface area contributed by atoms with Crippen LogP contribution >= 0.6 is 0 Å². The predicted molar refractivity (Wildman–Crippen MR) is 46.7 cm³/mol. The summed E-state index contributed by atoms with van der Waals surface area (Å²) in [4.78, 5) is 0. The van der Waals surface area contributed by atoms with Gasteiger partial charge >= 0.3 is 0 Å². The molecule has 0 aromatic rings. The normalized spacial score (nSPS) is 9.80. The molecule has 0 aromatic carbocycles. The molecule has 0 saturated carbocycles. The van der Waals surface area contributed by atoms with Crippen molar-refractivity contribution in [3.63, 3.8) is 0 Å². The molecule has 0 unspecified atom stereocenters. The lowest BCUT2D eigenvalue weighted by Crippen LogP contribution is -1.84. The Hall–Kier alpha value is -0.440. The second-order valence-electron chi connectivity index (χ2n) is 3.55. The zero-order valence-electron chi connectivity index (χ0n) is 7.57. The van der Waals surface area contributed by atoms with Gasteiger partial charge in [0, 0.05) is 12.8 Å². The zero-order chi connectivity index (χ0) is 7.98. The monoisotopic (exact) mass is 138 g/mol. The highest BCUT2D eigenvalue weighted by atomic mass is 13.9. The van der Waals surface area contributed by atoms with Crippen molar-refractivity contribution in [2.75, 3.05) is 0 Å². The molecule has 0 amide bonds. The first-order valence-electron chi connectivity index (χ1n) is 4.08. The van der Waals surface area contributed by atoms with Gasteiger partial charge in [-0.3, -0.25) is 0 Å². The summed E-state index contributed by atoms with van der Waals surface area (Å²) < 4.78 is 0. The van der Waals surface area contributed by atoms with Crippen LogP contribution in [-0.4, -0.2) is 0 Å². The van der Waals surface area contributed by atoms with Crippen LogP contribution in [0.15, 0.2) is 0 Å². The topological polar surface area (TPSA) is 0 Å². The molecule has 0 N–H and O–H groups in total. The van der Waals surface area contributed by atoms with Crippen LogP contribution in [0, 0.1) is 23.7 Å². The zero-order valence-corrected chi connectivity index (χ0v) is 7.57. The van der Waals surface area contributed by atoms with Crippen molar-refractivity contribution in [2.45, 2.75) is 40.5 Å². The summed E-state index contributed by atoms with van der Waals surface area (Å²) in [5.74, 6) is 7.78. The van der Waals surface area contributed by atoms with Gasteiger partial charge < -0.3 is 0 Å². The fourth-order valence-corrected chi connectivity index (χ4v) is 0.553. The Morgan fingerprint density at radius 1 is 0.800 bits per heavy atom. The van der Waals surface area contributed by atoms with Gasteiger partial charge in [0.1, 0.15) is 0 Å². The highest BCUT2D eigenvalue weighted by Gasteiger charge is 1.88. The van der Waals surface area contributed by atoms with Crippen LogP contribution in [0.4, 0.5) is 0 Å². The van der Waals surface area contributed by atoms with Crippen molar-refractivity contribution in [1.82, 2.24) is 0 Å². The Kier molecular flexibility index (Phi) is 5.12. The third-order valence-corrected chi connectivity index (χ3v) is 1.15. The standard InChI is InChI=1S/C10H18/c1-9(2)7-5-6-8-10(3)4/h9-10H,7-8H2,1-4H3. The van der Waals surface area contributed by atoms with Crippen molar-refractivity contribution >= 4 is 0 Å². The van der Waals surface area contributed by atoms with Crippen LogP contribution in [0.25, 0.3) is 0 Å². The molecule has 0 bridgehead atoms. The molecule has 0 heterocycles. The van der Waals surface area contributed by atoms with Crippen LogP contribution in [-0.2, 0) is 0 Å². The van der Waals surface area contributed by atoms with Crippen LogP contribution in [0.1, 0.15) is 40.5 Å². The average Bonchev–Trinajstić information content (AvgIpc) is 1.79. The van der Waals surface area contributed by atoms with E-state index in [0.717, 1.165) is 24.7 Å². The van der Waals surface area contributed by atoms with E-state index in [1.54, 1.807) is 0 Å². The molecule has 0 spiro atoms. The van der Waals surface area contributed by atoms with Crippen molar-refractivity contribution < 1.29 is 0 Å². The van der Waals surface area contributed by atoms with Gasteiger partial charge in [0.15, 0.2) is 0 Å². The molecular formula is C10H18. The molecule has 0 aliphatic heterocycles. The van der Waals surface area contributed by atoms with Crippen molar-refractivity contribution in [1.29, 1.82) is 0 Å². The molecule has 0 aliphatic rings. The molecule has 0 radical (unpaired) electrons. The molecule has 0 heteroatoms. The number of hydrogen-bond acceptors (Lipinski definition) is 0. The lowest BCUT2D eigenvalue weighted by Gasteiger charge is -1.95. The summed E-state index contributed by atoms with van der Waals surface area (Å²) in [6, 6.07) is 0. The molecule has 0 saturated heterocycles. The molecular weight excluding hydrogens is 120 g/mol. The van der Waals surface area contributed by atoms with Gasteiger partial charge in [-0.1, -0.05) is 27.7 Å². The van der Waals surface area contributed by atoms with Gasteiger partial charge in [0.2, 0.25) is 0 Å². The van der Waals surface area contributed by atoms with Crippen molar-refractivity contribution in [3.05, 3.63) is 0 Å². The van der Waals surface area contributed by atoms with Gasteiger partial charge in [0.25, 0.3) is 0 Å². The summed E-state index contributed by atoms with van der Waals surface area (Å²) >= 11 is 0. The van der Waals surface area contributed by atoms with Crippen molar-refractivity contribution in [2.24, 2.45) is 11.8 Å². The molecule has 0 nitrogen and oxygen atoms in total. The lowest BCUT2D eigenvalue weighted by molar-refractivity contribution is 0.663. The van der Waals surface area contributed by atoms with Gasteiger partial charge in [-0.2, -0.15) is 0 Å². The maximum Gasteiger partial charge on any atom is 0.0112 e. The molecule has 0 fully saturated rings. The largest absolute Gasteiger partial charge is 0.103 e. The fourth-order valence-electron chi connectivity index (χ4n) is 0.553. The molecule has 0 rings (SSSR count). The van der Waals surface area contributed by atoms with Crippen LogP contribution < -0.4 is 0 Å². The van der Waals surface area contributed by atoms with Gasteiger partial charge in [-0.15, -0.1) is 11.8 Å². The van der Waals surface area contributed by atoms with E-state index in [1.165, 1.54) is 0 Å². The Bertz CT molecular complexity index is 107. The fraction of sp³-hybridized carbons (Fsp3) is 0.800. The number of rotatable bonds is 2. The Morgan fingerprint density at radius 2 is 1.10 bits per heavy atom. The third kappa shape index (κ3) is 7.56. The predicted octanol–water partition coefficient (Wildman–Crippen LogP) is 3.08. The van der Waals surface area contributed by atoms with Crippen LogP contribution in [0.3, 0.4) is 0 Å². The minimum atomic E-state index is 0.722. The second-order valence-corrected chi connectivity index (χ2v) is 3.55. The van der Waals surface area contributed by atoms with Gasteiger partial charge in [-0.25, -0.2) is 0 Å². The summed E-state index contributed by atoms with van der Waals surface area (Å²) in [5.41, 5.74) is 0. The molecule has 0 atom stereocenters. The molecule has 10 heavy (non-hydrogen) atoms. The number of hydrogen-bond donors (Lipinski definition) is 0. The average molecular weight is 138 g/mol. The van der Waals surface area contributed by atoms with E-state index in [-0.39, 0.29) is 0 Å². The van der Waals surface area contributed by atoms with E-state index in [2.05, 4.69) is 39.5 Å². The van der Waals surface area contributed by atoms with E-state index in [0.29, 0.717) is 0 Å². The second kappa shape index (κ2) is 5.35. The van der Waals surface area contributed by atoms with E-state index >= 15 is 0 Å². The first kappa shape index (κ1) is 9.56. The minimum Gasteiger partial charge on any atom is -0.103 e. The first-order chi connectivity index (χ1) is 4.63. The van der Waals surface area contributed by atoms with E-state index < -0.39 is 0 Å².